The molecule has 1 amide bonds. The molecule has 31 heavy (non-hydrogen) atoms. The van der Waals surface area contributed by atoms with E-state index in [4.69, 9.17) is 14.7 Å². The van der Waals surface area contributed by atoms with Crippen LogP contribution < -0.4 is 5.32 Å². The third-order valence-electron chi connectivity index (χ3n) is 7.90. The number of fused-ring (bicyclic) bond motifs is 6. The minimum atomic E-state index is -0.769. The van der Waals surface area contributed by atoms with Gasteiger partial charge in [0.1, 0.15) is 0 Å². The van der Waals surface area contributed by atoms with Crippen molar-refractivity contribution in [2.24, 2.45) is 5.41 Å². The predicted molar refractivity (Wildman–Crippen MR) is 118 cm³/mol. The smallest absolute Gasteiger partial charge is 0.337 e. The van der Waals surface area contributed by atoms with Gasteiger partial charge in [-0.25, -0.2) is 14.8 Å². The average molecular weight is 415 g/mol. The number of aromatic nitrogens is 2. The van der Waals surface area contributed by atoms with Gasteiger partial charge in [-0.2, -0.15) is 0 Å². The number of hydrogen-bond donors (Lipinski definition) is 1. The number of esters is 1. The number of nitrogens with one attached hydrogen (secondary N) is 1. The summed E-state index contributed by atoms with van der Waals surface area (Å²) in [5.74, 6) is -0.480. The number of benzene rings is 2. The Morgan fingerprint density at radius 1 is 0.903 bits per heavy atom. The van der Waals surface area contributed by atoms with E-state index >= 15 is 0 Å². The fourth-order valence-corrected chi connectivity index (χ4v) is 5.59. The number of amides is 1. The van der Waals surface area contributed by atoms with Crippen LogP contribution in [0, 0.1) is 5.41 Å². The Morgan fingerprint density at radius 2 is 1.52 bits per heavy atom. The molecule has 158 valence electrons. The van der Waals surface area contributed by atoms with Crippen molar-refractivity contribution in [3.05, 3.63) is 65.5 Å². The highest BCUT2D eigenvalue weighted by Gasteiger charge is 2.73. The molecule has 2 aliphatic carbocycles. The summed E-state index contributed by atoms with van der Waals surface area (Å²) < 4.78 is 4.75. The molecule has 2 atom stereocenters. The third-order valence-corrected chi connectivity index (χ3v) is 7.90. The number of para-hydroxylation sites is 2. The first kappa shape index (κ1) is 19.7. The molecule has 2 aliphatic rings. The predicted octanol–water partition coefficient (Wildman–Crippen LogP) is 4.38. The second-order valence-electron chi connectivity index (χ2n) is 9.30. The summed E-state index contributed by atoms with van der Waals surface area (Å²) >= 11 is 0. The molecule has 5 rings (SSSR count). The van der Waals surface area contributed by atoms with Crippen LogP contribution in [0.1, 0.15) is 55.4 Å². The van der Waals surface area contributed by atoms with Crippen molar-refractivity contribution in [2.45, 2.75) is 44.4 Å². The second kappa shape index (κ2) is 6.36. The van der Waals surface area contributed by atoms with Crippen LogP contribution in [0.4, 0.5) is 5.69 Å². The highest BCUT2D eigenvalue weighted by atomic mass is 16.5. The van der Waals surface area contributed by atoms with Gasteiger partial charge in [0, 0.05) is 11.1 Å². The Labute approximate surface area is 181 Å². The second-order valence-corrected chi connectivity index (χ2v) is 9.30. The minimum Gasteiger partial charge on any atom is -0.465 e. The fourth-order valence-electron chi connectivity index (χ4n) is 5.59. The Kier molecular flexibility index (Phi) is 4.04. The maximum atomic E-state index is 13.9. The molecule has 2 bridgehead atoms. The van der Waals surface area contributed by atoms with Crippen molar-refractivity contribution in [3.63, 3.8) is 0 Å². The van der Waals surface area contributed by atoms with E-state index in [0.29, 0.717) is 11.3 Å². The number of nitrogens with zero attached hydrogens (tertiary/aromatic N) is 2. The molecule has 0 aliphatic heterocycles. The van der Waals surface area contributed by atoms with Crippen LogP contribution in [0.3, 0.4) is 0 Å². The van der Waals surface area contributed by atoms with Crippen LogP contribution in [0.15, 0.2) is 48.5 Å². The van der Waals surface area contributed by atoms with Gasteiger partial charge in [-0.3, -0.25) is 4.79 Å². The molecule has 0 spiro atoms. The molecule has 1 heterocycles. The molecule has 1 saturated carbocycles. The van der Waals surface area contributed by atoms with Gasteiger partial charge in [0.05, 0.1) is 40.5 Å². The van der Waals surface area contributed by atoms with Crippen LogP contribution >= 0.6 is 0 Å². The van der Waals surface area contributed by atoms with Crippen molar-refractivity contribution in [1.29, 1.82) is 0 Å². The van der Waals surface area contributed by atoms with Crippen molar-refractivity contribution < 1.29 is 14.3 Å². The first-order valence-corrected chi connectivity index (χ1v) is 10.5. The van der Waals surface area contributed by atoms with Crippen molar-refractivity contribution in [1.82, 2.24) is 9.97 Å². The SMILES string of the molecule is COC(=O)c1ccc(NC(=O)[C@]23CC[C@@](C)(c4nc5ccccc5nc42)C3(C)C)cc1. The highest BCUT2D eigenvalue weighted by molar-refractivity contribution is 6.02. The molecule has 1 N–H and O–H groups in total. The van der Waals surface area contributed by atoms with Crippen LogP contribution in [-0.4, -0.2) is 29.0 Å². The molecule has 2 aromatic carbocycles. The van der Waals surface area contributed by atoms with E-state index in [1.165, 1.54) is 7.11 Å². The Bertz CT molecular complexity index is 1230. The van der Waals surface area contributed by atoms with E-state index in [2.05, 4.69) is 26.1 Å². The number of methoxy groups -OCH3 is 1. The van der Waals surface area contributed by atoms with Gasteiger partial charge in [0.15, 0.2) is 0 Å². The summed E-state index contributed by atoms with van der Waals surface area (Å²) in [7, 11) is 1.35. The van der Waals surface area contributed by atoms with E-state index in [-0.39, 0.29) is 16.7 Å². The molecule has 0 unspecified atom stereocenters. The zero-order chi connectivity index (χ0) is 22.0. The molecular weight excluding hydrogens is 390 g/mol. The topological polar surface area (TPSA) is 81.2 Å². The van der Waals surface area contributed by atoms with E-state index in [9.17, 15) is 9.59 Å². The maximum Gasteiger partial charge on any atom is 0.337 e. The van der Waals surface area contributed by atoms with Gasteiger partial charge in [-0.15, -0.1) is 0 Å². The van der Waals surface area contributed by atoms with E-state index < -0.39 is 11.4 Å². The van der Waals surface area contributed by atoms with Crippen LogP contribution in [0.2, 0.25) is 0 Å². The maximum absolute atomic E-state index is 13.9. The summed E-state index contributed by atoms with van der Waals surface area (Å²) in [6.45, 7) is 6.53. The number of hydrogen-bond acceptors (Lipinski definition) is 5. The van der Waals surface area contributed by atoms with Gasteiger partial charge >= 0.3 is 5.97 Å². The molecule has 3 aromatic rings. The number of carbonyl (C=O) groups excluding carboxylic acids is 2. The van der Waals surface area contributed by atoms with Gasteiger partial charge in [-0.1, -0.05) is 32.9 Å². The Balaban J connectivity index is 1.59. The lowest BCUT2D eigenvalue weighted by atomic mass is 9.63. The fraction of sp³-hybridized carbons (Fsp3) is 0.360. The van der Waals surface area contributed by atoms with E-state index in [0.717, 1.165) is 35.3 Å². The van der Waals surface area contributed by atoms with Crippen LogP contribution in [0.25, 0.3) is 11.0 Å². The lowest BCUT2D eigenvalue weighted by Gasteiger charge is -2.39. The highest BCUT2D eigenvalue weighted by Crippen LogP contribution is 2.70. The van der Waals surface area contributed by atoms with Gasteiger partial charge in [-0.05, 0) is 54.7 Å². The molecular formula is C25H25N3O3. The molecule has 6 nitrogen and oxygen atoms in total. The number of rotatable bonds is 3. The van der Waals surface area contributed by atoms with Gasteiger partial charge < -0.3 is 10.1 Å². The third kappa shape index (κ3) is 2.39. The number of carbonyl (C=O) groups is 2. The largest absolute Gasteiger partial charge is 0.465 e. The standard InChI is InChI=1S/C25H25N3O3/c1-23(2)24(3)13-14-25(23,20-19(24)27-17-7-5-6-8-18(17)28-20)22(30)26-16-11-9-15(10-12-16)21(29)31-4/h5-12H,13-14H2,1-4H3,(H,26,30)/t24-,25-/m0/s1. The summed E-state index contributed by atoms with van der Waals surface area (Å²) in [4.78, 5) is 35.5. The summed E-state index contributed by atoms with van der Waals surface area (Å²) in [6, 6.07) is 14.6. The summed E-state index contributed by atoms with van der Waals surface area (Å²) in [5, 5.41) is 3.09. The van der Waals surface area contributed by atoms with E-state index in [1.807, 2.05) is 24.3 Å². The first-order valence-electron chi connectivity index (χ1n) is 10.5. The average Bonchev–Trinajstić information content (AvgIpc) is 3.07. The van der Waals surface area contributed by atoms with E-state index in [1.54, 1.807) is 24.3 Å². The molecule has 1 fully saturated rings. The van der Waals surface area contributed by atoms with Crippen LogP contribution in [-0.2, 0) is 20.4 Å². The van der Waals surface area contributed by atoms with Gasteiger partial charge in [0.25, 0.3) is 0 Å². The number of anilines is 1. The number of ether oxygens (including phenoxy) is 1. The normalized spacial score (nSPS) is 25.3. The molecule has 1 aromatic heterocycles. The zero-order valence-corrected chi connectivity index (χ0v) is 18.2. The van der Waals surface area contributed by atoms with Crippen molar-refractivity contribution in [2.75, 3.05) is 12.4 Å². The Hall–Kier alpha value is -3.28. The first-order chi connectivity index (χ1) is 14.7. The van der Waals surface area contributed by atoms with Crippen molar-refractivity contribution >= 4 is 28.6 Å². The minimum absolute atomic E-state index is 0.0737. The molecule has 0 saturated heterocycles. The van der Waals surface area contributed by atoms with Gasteiger partial charge in [0.2, 0.25) is 5.91 Å². The lowest BCUT2D eigenvalue weighted by Crippen LogP contribution is -2.48. The molecule has 0 radical (unpaired) electrons. The Morgan fingerprint density at radius 3 is 2.13 bits per heavy atom. The zero-order valence-electron chi connectivity index (χ0n) is 18.2. The summed E-state index contributed by atoms with van der Waals surface area (Å²) in [6.07, 6.45) is 1.61. The quantitative estimate of drug-likeness (QED) is 0.642. The monoisotopic (exact) mass is 415 g/mol. The molecule has 6 heteroatoms. The van der Waals surface area contributed by atoms with Crippen LogP contribution in [0.5, 0.6) is 0 Å². The lowest BCUT2D eigenvalue weighted by molar-refractivity contribution is -0.125. The van der Waals surface area contributed by atoms with Crippen molar-refractivity contribution in [3.8, 4) is 0 Å². The summed E-state index contributed by atoms with van der Waals surface area (Å²) in [5.41, 5.74) is 3.14.